The van der Waals surface area contributed by atoms with Crippen molar-refractivity contribution in [1.82, 2.24) is 14.1 Å². The SMILES string of the molecule is Cn1c(=O)c2c(-c3ccccc3C#N)c(CN)c(N)nc2n(C)c1=O. The first kappa shape index (κ1) is 16.4. The minimum absolute atomic E-state index is 0.0376. The molecule has 0 radical (unpaired) electrons. The number of nitrogen functional groups attached to an aromatic ring is 1. The van der Waals surface area contributed by atoms with Crippen LogP contribution >= 0.6 is 0 Å². The molecule has 3 rings (SSSR count). The molecule has 25 heavy (non-hydrogen) atoms. The Morgan fingerprint density at radius 3 is 2.52 bits per heavy atom. The molecule has 0 atom stereocenters. The van der Waals surface area contributed by atoms with Crippen molar-refractivity contribution in [3.8, 4) is 17.2 Å². The van der Waals surface area contributed by atoms with E-state index in [0.717, 1.165) is 4.57 Å². The molecule has 4 N–H and O–H groups in total. The normalized spacial score (nSPS) is 10.8. The van der Waals surface area contributed by atoms with Gasteiger partial charge in [0, 0.05) is 37.3 Å². The van der Waals surface area contributed by atoms with E-state index in [4.69, 9.17) is 11.5 Å². The summed E-state index contributed by atoms with van der Waals surface area (Å²) in [6.07, 6.45) is 0. The lowest BCUT2D eigenvalue weighted by Crippen LogP contribution is -2.38. The average molecular weight is 336 g/mol. The summed E-state index contributed by atoms with van der Waals surface area (Å²) in [6.45, 7) is 0.0376. The monoisotopic (exact) mass is 336 g/mol. The van der Waals surface area contributed by atoms with Crippen LogP contribution in [-0.4, -0.2) is 14.1 Å². The van der Waals surface area contributed by atoms with Gasteiger partial charge in [-0.3, -0.25) is 13.9 Å². The second kappa shape index (κ2) is 5.89. The summed E-state index contributed by atoms with van der Waals surface area (Å²) in [5.41, 5.74) is 12.8. The van der Waals surface area contributed by atoms with Crippen molar-refractivity contribution in [2.75, 3.05) is 5.73 Å². The number of nitriles is 1. The summed E-state index contributed by atoms with van der Waals surface area (Å²) >= 11 is 0. The van der Waals surface area contributed by atoms with Gasteiger partial charge >= 0.3 is 5.69 Å². The molecule has 0 aliphatic carbocycles. The summed E-state index contributed by atoms with van der Waals surface area (Å²) in [6, 6.07) is 8.95. The summed E-state index contributed by atoms with van der Waals surface area (Å²) in [7, 11) is 2.90. The van der Waals surface area contributed by atoms with Gasteiger partial charge in [-0.2, -0.15) is 5.26 Å². The molecule has 1 aromatic carbocycles. The van der Waals surface area contributed by atoms with Crippen LogP contribution in [0, 0.1) is 11.3 Å². The molecular weight excluding hydrogens is 320 g/mol. The molecule has 0 spiro atoms. The summed E-state index contributed by atoms with van der Waals surface area (Å²) in [4.78, 5) is 29.2. The van der Waals surface area contributed by atoms with Gasteiger partial charge in [0.25, 0.3) is 5.56 Å². The molecule has 2 heterocycles. The van der Waals surface area contributed by atoms with Crippen molar-refractivity contribution < 1.29 is 0 Å². The lowest BCUT2D eigenvalue weighted by Gasteiger charge is -2.16. The largest absolute Gasteiger partial charge is 0.383 e. The van der Waals surface area contributed by atoms with Crippen molar-refractivity contribution in [2.24, 2.45) is 19.8 Å². The Morgan fingerprint density at radius 1 is 1.20 bits per heavy atom. The van der Waals surface area contributed by atoms with Crippen LogP contribution in [0.15, 0.2) is 33.9 Å². The van der Waals surface area contributed by atoms with E-state index in [-0.39, 0.29) is 23.4 Å². The van der Waals surface area contributed by atoms with Crippen LogP contribution in [0.4, 0.5) is 5.82 Å². The number of nitrogens with zero attached hydrogens (tertiary/aromatic N) is 4. The number of aromatic nitrogens is 3. The van der Waals surface area contributed by atoms with Crippen LogP contribution < -0.4 is 22.7 Å². The number of pyridine rings is 1. The topological polar surface area (TPSA) is 133 Å². The number of hydrogen-bond donors (Lipinski definition) is 2. The molecule has 126 valence electrons. The van der Waals surface area contributed by atoms with Crippen LogP contribution in [0.25, 0.3) is 22.2 Å². The number of aryl methyl sites for hydroxylation is 1. The van der Waals surface area contributed by atoms with Gasteiger partial charge in [-0.15, -0.1) is 0 Å². The third-order valence-electron chi connectivity index (χ3n) is 4.24. The maximum atomic E-state index is 12.8. The Labute approximate surface area is 142 Å². The molecule has 0 unspecified atom stereocenters. The van der Waals surface area contributed by atoms with E-state index in [2.05, 4.69) is 11.1 Å². The van der Waals surface area contributed by atoms with Crippen LogP contribution in [-0.2, 0) is 20.6 Å². The predicted molar refractivity (Wildman–Crippen MR) is 94.7 cm³/mol. The highest BCUT2D eigenvalue weighted by Gasteiger charge is 2.22. The molecule has 0 aliphatic rings. The van der Waals surface area contributed by atoms with Crippen molar-refractivity contribution in [3.05, 3.63) is 56.2 Å². The Morgan fingerprint density at radius 2 is 1.88 bits per heavy atom. The Bertz CT molecular complexity index is 1170. The minimum atomic E-state index is -0.511. The van der Waals surface area contributed by atoms with Gasteiger partial charge in [0.15, 0.2) is 5.65 Å². The molecule has 0 saturated carbocycles. The van der Waals surface area contributed by atoms with E-state index in [1.54, 1.807) is 24.3 Å². The number of hydrogen-bond acceptors (Lipinski definition) is 6. The number of fused-ring (bicyclic) bond motifs is 1. The molecule has 8 heteroatoms. The number of anilines is 1. The van der Waals surface area contributed by atoms with Crippen molar-refractivity contribution in [1.29, 1.82) is 5.26 Å². The van der Waals surface area contributed by atoms with E-state index in [1.165, 1.54) is 18.7 Å². The molecular formula is C17H16N6O2. The zero-order valence-electron chi connectivity index (χ0n) is 13.8. The van der Waals surface area contributed by atoms with Gasteiger partial charge in [0.1, 0.15) is 5.82 Å². The van der Waals surface area contributed by atoms with Crippen molar-refractivity contribution in [2.45, 2.75) is 6.54 Å². The molecule has 0 amide bonds. The molecule has 0 saturated heterocycles. The van der Waals surface area contributed by atoms with Gasteiger partial charge in [-0.05, 0) is 6.07 Å². The van der Waals surface area contributed by atoms with E-state index in [9.17, 15) is 14.9 Å². The standard InChI is InChI=1S/C17H16N6O2/c1-22-15-13(16(24)23(2)17(22)25)12(11(8-19)14(20)21-15)10-6-4-3-5-9(10)7-18/h3-6H,8,19H2,1-2H3,(H2,20,21). The van der Waals surface area contributed by atoms with Crippen LogP contribution in [0.5, 0.6) is 0 Å². The van der Waals surface area contributed by atoms with Crippen molar-refractivity contribution in [3.63, 3.8) is 0 Å². The third kappa shape index (κ3) is 2.29. The molecule has 3 aromatic rings. The van der Waals surface area contributed by atoms with Crippen molar-refractivity contribution >= 4 is 16.9 Å². The van der Waals surface area contributed by atoms with E-state index in [0.29, 0.717) is 22.3 Å². The molecule has 0 fully saturated rings. The zero-order chi connectivity index (χ0) is 18.3. The smallest absolute Gasteiger partial charge is 0.332 e. The first-order valence-electron chi connectivity index (χ1n) is 7.50. The Balaban J connectivity index is 2.69. The lowest BCUT2D eigenvalue weighted by atomic mass is 9.94. The van der Waals surface area contributed by atoms with Crippen LogP contribution in [0.1, 0.15) is 11.1 Å². The zero-order valence-corrected chi connectivity index (χ0v) is 13.8. The quantitative estimate of drug-likeness (QED) is 0.687. The summed E-state index contributed by atoms with van der Waals surface area (Å²) < 4.78 is 2.25. The summed E-state index contributed by atoms with van der Waals surface area (Å²) in [5.74, 6) is 0.126. The third-order valence-corrected chi connectivity index (χ3v) is 4.24. The average Bonchev–Trinajstić information content (AvgIpc) is 2.63. The van der Waals surface area contributed by atoms with Gasteiger partial charge in [-0.25, -0.2) is 9.78 Å². The van der Waals surface area contributed by atoms with E-state index in [1.807, 2.05) is 0 Å². The number of benzene rings is 1. The molecule has 0 bridgehead atoms. The van der Waals surface area contributed by atoms with E-state index < -0.39 is 11.2 Å². The first-order valence-corrected chi connectivity index (χ1v) is 7.50. The molecule has 0 aliphatic heterocycles. The fourth-order valence-corrected chi connectivity index (χ4v) is 2.95. The molecule has 2 aromatic heterocycles. The minimum Gasteiger partial charge on any atom is -0.383 e. The maximum absolute atomic E-state index is 12.8. The second-order valence-corrected chi connectivity index (χ2v) is 5.62. The summed E-state index contributed by atoms with van der Waals surface area (Å²) in [5, 5.41) is 9.65. The Kier molecular flexibility index (Phi) is 3.87. The van der Waals surface area contributed by atoms with Gasteiger partial charge in [0.05, 0.1) is 17.0 Å². The van der Waals surface area contributed by atoms with Gasteiger partial charge in [-0.1, -0.05) is 18.2 Å². The van der Waals surface area contributed by atoms with Crippen LogP contribution in [0.2, 0.25) is 0 Å². The highest BCUT2D eigenvalue weighted by Crippen LogP contribution is 2.33. The van der Waals surface area contributed by atoms with Crippen LogP contribution in [0.3, 0.4) is 0 Å². The van der Waals surface area contributed by atoms with E-state index >= 15 is 0 Å². The predicted octanol–water partition coefficient (Wildman–Crippen LogP) is 0.212. The molecule has 8 nitrogen and oxygen atoms in total. The number of rotatable bonds is 2. The highest BCUT2D eigenvalue weighted by molar-refractivity contribution is 5.97. The maximum Gasteiger partial charge on any atom is 0.332 e. The van der Waals surface area contributed by atoms with Gasteiger partial charge in [0.2, 0.25) is 0 Å². The highest BCUT2D eigenvalue weighted by atomic mass is 16.2. The van der Waals surface area contributed by atoms with Gasteiger partial charge < -0.3 is 11.5 Å². The second-order valence-electron chi connectivity index (χ2n) is 5.62. The fraction of sp³-hybridized carbons (Fsp3) is 0.176. The lowest BCUT2D eigenvalue weighted by molar-refractivity contribution is 0.708. The fourth-order valence-electron chi connectivity index (χ4n) is 2.95. The number of nitrogens with two attached hydrogens (primary N) is 2. The first-order chi connectivity index (χ1) is 11.9. The Hall–Kier alpha value is -3.44.